The lowest BCUT2D eigenvalue weighted by Crippen LogP contribution is -2.27. The lowest BCUT2D eigenvalue weighted by molar-refractivity contribution is 0.0522. The Kier molecular flexibility index (Phi) is 8.01. The Bertz CT molecular complexity index is 1490. The molecular weight excluding hydrogens is 534 g/mol. The molecule has 0 bridgehead atoms. The quantitative estimate of drug-likeness (QED) is 0.271. The maximum absolute atomic E-state index is 15.2. The first-order valence-corrected chi connectivity index (χ1v) is 12.4. The van der Waals surface area contributed by atoms with E-state index in [2.05, 4.69) is 15.1 Å². The Morgan fingerprint density at radius 1 is 1.16 bits per heavy atom. The van der Waals surface area contributed by atoms with Crippen LogP contribution in [0.15, 0.2) is 48.9 Å². The Labute approximate surface area is 228 Å². The fourth-order valence-corrected chi connectivity index (χ4v) is 4.35. The van der Waals surface area contributed by atoms with Crippen LogP contribution in [0.4, 0.5) is 9.18 Å². The molecule has 4 aromatic rings. The molecule has 0 aliphatic rings. The molecule has 11 heteroatoms. The molecule has 1 aromatic carbocycles. The van der Waals surface area contributed by atoms with E-state index in [1.165, 1.54) is 36.8 Å². The third-order valence-electron chi connectivity index (χ3n) is 5.38. The molecule has 1 unspecified atom stereocenters. The zero-order chi connectivity index (χ0) is 27.6. The first-order valence-electron chi connectivity index (χ1n) is 11.6. The third kappa shape index (κ3) is 6.12. The largest absolute Gasteiger partial charge is 0.486 e. The van der Waals surface area contributed by atoms with Crippen LogP contribution in [0.2, 0.25) is 10.0 Å². The molecule has 3 aromatic heterocycles. The molecule has 4 rings (SSSR count). The van der Waals surface area contributed by atoms with Crippen molar-refractivity contribution in [2.45, 2.75) is 46.0 Å². The summed E-state index contributed by atoms with van der Waals surface area (Å²) in [5, 5.41) is 14.7. The van der Waals surface area contributed by atoms with Crippen LogP contribution in [0, 0.1) is 0 Å². The molecule has 0 saturated heterocycles. The molecule has 0 spiro atoms. The van der Waals surface area contributed by atoms with Crippen LogP contribution in [-0.2, 0) is 11.3 Å². The van der Waals surface area contributed by atoms with Crippen molar-refractivity contribution in [3.8, 4) is 5.75 Å². The Hall–Kier alpha value is -3.53. The van der Waals surface area contributed by atoms with Crippen LogP contribution in [0.25, 0.3) is 22.8 Å². The van der Waals surface area contributed by atoms with E-state index in [9.17, 15) is 9.90 Å². The standard InChI is InChI=1S/C27H25Cl2FN4O4/c1-15(25-20(28)12-31-13-21(25)29)37-18-7-8-24-19(9-18)23(33-34(24)26(36)38-27(2,3)4)10-22(30)16-5-6-17(14-35)32-11-16/h5-13,15,35H,14H2,1-4H3/b22-10-. The van der Waals surface area contributed by atoms with Crippen LogP contribution >= 0.6 is 23.2 Å². The van der Waals surface area contributed by atoms with Crippen molar-refractivity contribution in [2.75, 3.05) is 0 Å². The van der Waals surface area contributed by atoms with Gasteiger partial charge in [-0.3, -0.25) is 9.97 Å². The second kappa shape index (κ2) is 11.1. The maximum Gasteiger partial charge on any atom is 0.435 e. The highest BCUT2D eigenvalue weighted by molar-refractivity contribution is 6.35. The summed E-state index contributed by atoms with van der Waals surface area (Å²) >= 11 is 12.6. The molecule has 0 aliphatic heterocycles. The van der Waals surface area contributed by atoms with E-state index in [0.29, 0.717) is 38.0 Å². The fourth-order valence-electron chi connectivity index (χ4n) is 3.68. The number of carbonyl (C=O) groups excluding carboxylic acids is 1. The van der Waals surface area contributed by atoms with Crippen molar-refractivity contribution in [3.63, 3.8) is 0 Å². The summed E-state index contributed by atoms with van der Waals surface area (Å²) in [6, 6.07) is 7.95. The smallest absolute Gasteiger partial charge is 0.435 e. The first-order chi connectivity index (χ1) is 18.0. The van der Waals surface area contributed by atoms with Gasteiger partial charge in [0, 0.05) is 41.2 Å². The van der Waals surface area contributed by atoms with Gasteiger partial charge >= 0.3 is 6.09 Å². The number of aromatic nitrogens is 4. The van der Waals surface area contributed by atoms with E-state index < -0.39 is 23.6 Å². The van der Waals surface area contributed by atoms with Crippen molar-refractivity contribution < 1.29 is 23.8 Å². The Balaban J connectivity index is 1.77. The number of carbonyl (C=O) groups is 1. The van der Waals surface area contributed by atoms with Crippen molar-refractivity contribution in [1.29, 1.82) is 0 Å². The van der Waals surface area contributed by atoms with Crippen molar-refractivity contribution >= 4 is 52.1 Å². The van der Waals surface area contributed by atoms with E-state index in [-0.39, 0.29) is 17.9 Å². The van der Waals surface area contributed by atoms with Crippen LogP contribution in [0.1, 0.15) is 56.3 Å². The molecule has 1 atom stereocenters. The first kappa shape index (κ1) is 27.5. The van der Waals surface area contributed by atoms with Crippen LogP contribution in [-0.4, -0.2) is 36.5 Å². The average Bonchev–Trinajstić information content (AvgIpc) is 3.20. The third-order valence-corrected chi connectivity index (χ3v) is 5.98. The van der Waals surface area contributed by atoms with E-state index in [1.54, 1.807) is 45.9 Å². The molecule has 3 heterocycles. The van der Waals surface area contributed by atoms with Gasteiger partial charge in [-0.15, -0.1) is 0 Å². The Morgan fingerprint density at radius 3 is 2.47 bits per heavy atom. The zero-order valence-corrected chi connectivity index (χ0v) is 22.6. The van der Waals surface area contributed by atoms with Gasteiger partial charge in [-0.25, -0.2) is 9.18 Å². The average molecular weight is 559 g/mol. The summed E-state index contributed by atoms with van der Waals surface area (Å²) in [6.07, 6.45) is 4.21. The minimum Gasteiger partial charge on any atom is -0.486 e. The number of benzene rings is 1. The number of pyridine rings is 2. The van der Waals surface area contributed by atoms with Gasteiger partial charge in [0.05, 0.1) is 33.6 Å². The molecule has 0 amide bonds. The van der Waals surface area contributed by atoms with Gasteiger partial charge in [0.15, 0.2) is 0 Å². The summed E-state index contributed by atoms with van der Waals surface area (Å²) in [7, 11) is 0. The lowest BCUT2D eigenvalue weighted by atomic mass is 10.1. The van der Waals surface area contributed by atoms with Gasteiger partial charge in [-0.05, 0) is 58.0 Å². The van der Waals surface area contributed by atoms with E-state index in [4.69, 9.17) is 32.7 Å². The van der Waals surface area contributed by atoms with Crippen LogP contribution < -0.4 is 4.74 Å². The molecule has 38 heavy (non-hydrogen) atoms. The van der Waals surface area contributed by atoms with Gasteiger partial charge in [0.2, 0.25) is 0 Å². The van der Waals surface area contributed by atoms with E-state index in [1.807, 2.05) is 0 Å². The minimum absolute atomic E-state index is 0.174. The number of hydrogen-bond acceptors (Lipinski definition) is 7. The summed E-state index contributed by atoms with van der Waals surface area (Å²) in [5.74, 6) is -0.213. The second-order valence-corrected chi connectivity index (χ2v) is 10.2. The number of halogens is 3. The highest BCUT2D eigenvalue weighted by atomic mass is 35.5. The summed E-state index contributed by atoms with van der Waals surface area (Å²) in [5.41, 5.74) is 0.965. The minimum atomic E-state index is -0.766. The highest BCUT2D eigenvalue weighted by Gasteiger charge is 2.23. The number of aliphatic hydroxyl groups excluding tert-OH is 1. The number of aliphatic hydroxyl groups is 1. The van der Waals surface area contributed by atoms with Gasteiger partial charge in [-0.2, -0.15) is 9.78 Å². The molecule has 8 nitrogen and oxygen atoms in total. The predicted octanol–water partition coefficient (Wildman–Crippen LogP) is 7.02. The van der Waals surface area contributed by atoms with E-state index >= 15 is 4.39 Å². The Morgan fingerprint density at radius 2 is 1.87 bits per heavy atom. The maximum atomic E-state index is 15.2. The van der Waals surface area contributed by atoms with Crippen molar-refractivity contribution in [3.05, 3.63) is 81.5 Å². The second-order valence-electron chi connectivity index (χ2n) is 9.42. The molecular formula is C27H25Cl2FN4O4. The number of hydrogen-bond donors (Lipinski definition) is 1. The molecule has 1 N–H and O–H groups in total. The SMILES string of the molecule is CC(Oc1ccc2c(c1)c(/C=C(\F)c1ccc(CO)nc1)nn2C(=O)OC(C)(C)C)c1c(Cl)cncc1Cl. The van der Waals surface area contributed by atoms with Gasteiger partial charge in [-0.1, -0.05) is 23.2 Å². The monoisotopic (exact) mass is 558 g/mol. The number of nitrogens with zero attached hydrogens (tertiary/aromatic N) is 4. The molecule has 0 fully saturated rings. The highest BCUT2D eigenvalue weighted by Crippen LogP contribution is 2.34. The topological polar surface area (TPSA) is 99.4 Å². The van der Waals surface area contributed by atoms with Gasteiger partial charge < -0.3 is 14.6 Å². The van der Waals surface area contributed by atoms with E-state index in [0.717, 1.165) is 4.68 Å². The molecule has 198 valence electrons. The van der Waals surface area contributed by atoms with Gasteiger partial charge in [0.1, 0.15) is 23.3 Å². The normalized spacial score (nSPS) is 13.0. The van der Waals surface area contributed by atoms with Gasteiger partial charge in [0.25, 0.3) is 0 Å². The van der Waals surface area contributed by atoms with Crippen LogP contribution in [0.5, 0.6) is 5.75 Å². The fraction of sp³-hybridized carbons (Fsp3) is 0.259. The molecule has 0 aliphatic carbocycles. The van der Waals surface area contributed by atoms with Crippen LogP contribution in [0.3, 0.4) is 0 Å². The summed E-state index contributed by atoms with van der Waals surface area (Å²) in [6.45, 7) is 6.74. The zero-order valence-electron chi connectivity index (χ0n) is 21.1. The number of fused-ring (bicyclic) bond motifs is 1. The lowest BCUT2D eigenvalue weighted by Gasteiger charge is -2.19. The van der Waals surface area contributed by atoms with Crippen molar-refractivity contribution in [2.24, 2.45) is 0 Å². The van der Waals surface area contributed by atoms with Crippen molar-refractivity contribution in [1.82, 2.24) is 19.7 Å². The number of rotatable bonds is 6. The summed E-state index contributed by atoms with van der Waals surface area (Å²) < 4.78 is 27.9. The molecule has 0 radical (unpaired) electrons. The number of ether oxygens (including phenoxy) is 2. The molecule has 0 saturated carbocycles. The summed E-state index contributed by atoms with van der Waals surface area (Å²) in [4.78, 5) is 20.9. The predicted molar refractivity (Wildman–Crippen MR) is 144 cm³/mol.